The topological polar surface area (TPSA) is 114 Å². The van der Waals surface area contributed by atoms with Crippen LogP contribution in [-0.2, 0) is 26.0 Å². The van der Waals surface area contributed by atoms with Crippen molar-refractivity contribution >= 4 is 32.0 Å². The van der Waals surface area contributed by atoms with Crippen molar-refractivity contribution in [3.8, 4) is 5.75 Å². The number of ether oxygens (including phenoxy) is 2. The molecule has 156 valence electrons. The first-order valence-corrected chi connectivity index (χ1v) is 11.0. The van der Waals surface area contributed by atoms with Gasteiger partial charge in [0.25, 0.3) is 5.56 Å². The lowest BCUT2D eigenvalue weighted by Crippen LogP contribution is -2.33. The summed E-state index contributed by atoms with van der Waals surface area (Å²) in [6.45, 7) is 2.45. The number of carbonyl (C=O) groups is 1. The Hall–Kier alpha value is -2.24. The molecule has 3 rings (SSSR count). The molecule has 11 heteroatoms. The molecule has 0 aliphatic carbocycles. The lowest BCUT2D eigenvalue weighted by Gasteiger charge is -2.20. The van der Waals surface area contributed by atoms with Gasteiger partial charge in [0.05, 0.1) is 26.4 Å². The number of fused-ring (bicyclic) bond motifs is 1. The Morgan fingerprint density at radius 1 is 1.34 bits per heavy atom. The molecule has 9 nitrogen and oxygen atoms in total. The first-order chi connectivity index (χ1) is 13.8. The van der Waals surface area contributed by atoms with Crippen molar-refractivity contribution in [2.45, 2.75) is 30.7 Å². The lowest BCUT2D eigenvalue weighted by molar-refractivity contribution is 0.0590. The van der Waals surface area contributed by atoms with Gasteiger partial charge in [0.2, 0.25) is 5.75 Å². The molecule has 0 bridgehead atoms. The summed E-state index contributed by atoms with van der Waals surface area (Å²) < 4.78 is 42.8. The number of hydrogen-bond donors (Lipinski definition) is 0. The van der Waals surface area contributed by atoms with Crippen LogP contribution in [0.4, 0.5) is 0 Å². The van der Waals surface area contributed by atoms with E-state index in [9.17, 15) is 18.0 Å². The smallest absolute Gasteiger partial charge is 0.360 e. The normalized spacial score (nSPS) is 16.6. The number of methoxy groups -OCH3 is 1. The standard InChI is InChI=1S/C18H19BrN2O7S/c1-3-12-10-27-9-8-14-20-15(18(23)26-2)16(17(22)21(12)14)28-29(24,25)13-6-4-11(19)5-7-13/h4-7,12H,3,8-10H2,1-2H3/t12-/m0/s1. The Bertz CT molecular complexity index is 1080. The van der Waals surface area contributed by atoms with E-state index in [-0.39, 0.29) is 24.0 Å². The highest BCUT2D eigenvalue weighted by atomic mass is 79.9. The highest BCUT2D eigenvalue weighted by Gasteiger charge is 2.31. The molecule has 2 aromatic rings. The van der Waals surface area contributed by atoms with Gasteiger partial charge < -0.3 is 13.7 Å². The third-order valence-electron chi connectivity index (χ3n) is 4.44. The van der Waals surface area contributed by atoms with E-state index in [2.05, 4.69) is 25.7 Å². The van der Waals surface area contributed by atoms with Crippen molar-refractivity contribution in [1.82, 2.24) is 9.55 Å². The maximum atomic E-state index is 13.2. The molecule has 29 heavy (non-hydrogen) atoms. The minimum atomic E-state index is -4.39. The molecular weight excluding hydrogens is 468 g/mol. The fourth-order valence-corrected chi connectivity index (χ4v) is 4.14. The van der Waals surface area contributed by atoms with Crippen molar-refractivity contribution in [1.29, 1.82) is 0 Å². The Balaban J connectivity index is 2.18. The fraction of sp³-hybridized carbons (Fsp3) is 0.389. The van der Waals surface area contributed by atoms with Gasteiger partial charge in [-0.25, -0.2) is 9.78 Å². The van der Waals surface area contributed by atoms with Gasteiger partial charge in [0, 0.05) is 10.9 Å². The third-order valence-corrected chi connectivity index (χ3v) is 6.20. The van der Waals surface area contributed by atoms with Crippen LogP contribution in [0, 0.1) is 0 Å². The number of hydrogen-bond acceptors (Lipinski definition) is 8. The number of aromatic nitrogens is 2. The molecule has 0 saturated heterocycles. The highest BCUT2D eigenvalue weighted by molar-refractivity contribution is 9.10. The van der Waals surface area contributed by atoms with E-state index in [0.717, 1.165) is 7.11 Å². The lowest BCUT2D eigenvalue weighted by atomic mass is 10.2. The van der Waals surface area contributed by atoms with E-state index in [1.165, 1.54) is 28.8 Å². The summed E-state index contributed by atoms with van der Waals surface area (Å²) in [5.74, 6) is -1.35. The van der Waals surface area contributed by atoms with Crippen molar-refractivity contribution in [3.05, 3.63) is 50.6 Å². The number of halogens is 1. The van der Waals surface area contributed by atoms with Gasteiger partial charge in [-0.3, -0.25) is 9.36 Å². The number of nitrogens with zero attached hydrogens (tertiary/aromatic N) is 2. The van der Waals surface area contributed by atoms with E-state index >= 15 is 0 Å². The molecule has 2 heterocycles. The van der Waals surface area contributed by atoms with Crippen LogP contribution in [0.15, 0.2) is 38.4 Å². The Morgan fingerprint density at radius 2 is 2.03 bits per heavy atom. The van der Waals surface area contributed by atoms with Gasteiger partial charge in [-0.1, -0.05) is 22.9 Å². The van der Waals surface area contributed by atoms with Crippen LogP contribution in [-0.4, -0.2) is 44.3 Å². The van der Waals surface area contributed by atoms with Crippen LogP contribution >= 0.6 is 15.9 Å². The van der Waals surface area contributed by atoms with Gasteiger partial charge in [0.15, 0.2) is 5.69 Å². The molecule has 0 N–H and O–H groups in total. The summed E-state index contributed by atoms with van der Waals surface area (Å²) >= 11 is 3.22. The Morgan fingerprint density at radius 3 is 2.66 bits per heavy atom. The van der Waals surface area contributed by atoms with Crippen molar-refractivity contribution in [2.75, 3.05) is 20.3 Å². The minimum absolute atomic E-state index is 0.175. The van der Waals surface area contributed by atoms with Crippen molar-refractivity contribution < 1.29 is 26.9 Å². The van der Waals surface area contributed by atoms with Crippen LogP contribution in [0.3, 0.4) is 0 Å². The number of esters is 1. The SMILES string of the molecule is CC[C@H]1COCCc2nc(C(=O)OC)c(OS(=O)(=O)c3ccc(Br)cc3)c(=O)n21. The fourth-order valence-electron chi connectivity index (χ4n) is 2.94. The zero-order valence-electron chi connectivity index (χ0n) is 15.8. The van der Waals surface area contributed by atoms with Crippen LogP contribution in [0.25, 0.3) is 0 Å². The Kier molecular flexibility index (Phi) is 6.39. The summed E-state index contributed by atoms with van der Waals surface area (Å²) in [6.07, 6.45) is 0.834. The summed E-state index contributed by atoms with van der Waals surface area (Å²) in [7, 11) is -3.28. The first-order valence-electron chi connectivity index (χ1n) is 8.80. The maximum absolute atomic E-state index is 13.2. The summed E-state index contributed by atoms with van der Waals surface area (Å²) in [4.78, 5) is 29.5. The average Bonchev–Trinajstić information content (AvgIpc) is 2.91. The number of rotatable bonds is 5. The third kappa shape index (κ3) is 4.36. The molecule has 1 aliphatic heterocycles. The second-order valence-corrected chi connectivity index (χ2v) is 8.71. The molecule has 0 unspecified atom stereocenters. The number of carbonyl (C=O) groups excluding carboxylic acids is 1. The molecular formula is C18H19BrN2O7S. The first kappa shape index (κ1) is 21.5. The predicted molar refractivity (Wildman–Crippen MR) is 106 cm³/mol. The van der Waals surface area contributed by atoms with Crippen LogP contribution in [0.5, 0.6) is 5.75 Å². The molecule has 0 radical (unpaired) electrons. The van der Waals surface area contributed by atoms with E-state index in [0.29, 0.717) is 23.3 Å². The molecule has 0 spiro atoms. The van der Waals surface area contributed by atoms with Gasteiger partial charge in [-0.2, -0.15) is 8.42 Å². The Labute approximate surface area is 175 Å². The average molecular weight is 487 g/mol. The second kappa shape index (κ2) is 8.64. The molecule has 1 aromatic carbocycles. The van der Waals surface area contributed by atoms with Crippen LogP contribution in [0.1, 0.15) is 35.7 Å². The van der Waals surface area contributed by atoms with Gasteiger partial charge in [-0.05, 0) is 30.7 Å². The summed E-state index contributed by atoms with van der Waals surface area (Å²) in [5.41, 5.74) is -1.25. The minimum Gasteiger partial charge on any atom is -0.464 e. The van der Waals surface area contributed by atoms with Gasteiger partial charge >= 0.3 is 16.1 Å². The van der Waals surface area contributed by atoms with Gasteiger partial charge in [0.1, 0.15) is 10.7 Å². The van der Waals surface area contributed by atoms with E-state index < -0.39 is 33.1 Å². The van der Waals surface area contributed by atoms with E-state index in [1.54, 1.807) is 0 Å². The molecule has 1 aliphatic rings. The monoisotopic (exact) mass is 486 g/mol. The predicted octanol–water partition coefficient (Wildman–Crippen LogP) is 2.08. The molecule has 0 fully saturated rings. The van der Waals surface area contributed by atoms with Crippen molar-refractivity contribution in [2.24, 2.45) is 0 Å². The number of benzene rings is 1. The summed E-state index contributed by atoms with van der Waals surface area (Å²) in [6, 6.07) is 5.30. The molecule has 1 aromatic heterocycles. The van der Waals surface area contributed by atoms with Crippen molar-refractivity contribution in [3.63, 3.8) is 0 Å². The molecule has 0 saturated carbocycles. The molecule has 1 atom stereocenters. The largest absolute Gasteiger partial charge is 0.464 e. The van der Waals surface area contributed by atoms with E-state index in [4.69, 9.17) is 8.92 Å². The zero-order chi connectivity index (χ0) is 21.2. The second-order valence-electron chi connectivity index (χ2n) is 6.25. The van der Waals surface area contributed by atoms with Crippen LogP contribution < -0.4 is 9.74 Å². The van der Waals surface area contributed by atoms with Crippen LogP contribution in [0.2, 0.25) is 0 Å². The maximum Gasteiger partial charge on any atom is 0.360 e. The van der Waals surface area contributed by atoms with E-state index in [1.807, 2.05) is 6.92 Å². The zero-order valence-corrected chi connectivity index (χ0v) is 18.2. The summed E-state index contributed by atoms with van der Waals surface area (Å²) in [5, 5.41) is 0. The van der Waals surface area contributed by atoms with Gasteiger partial charge in [-0.15, -0.1) is 0 Å². The quantitative estimate of drug-likeness (QED) is 0.466. The molecule has 0 amide bonds. The highest BCUT2D eigenvalue weighted by Crippen LogP contribution is 2.24.